The Kier molecular flexibility index (Phi) is 3.44. The minimum atomic E-state index is 0.0497. The Morgan fingerprint density at radius 1 is 0.483 bits per heavy atom. The van der Waals surface area contributed by atoms with Gasteiger partial charge in [-0.1, -0.05) is 103 Å². The van der Waals surface area contributed by atoms with Gasteiger partial charge in [0.15, 0.2) is 5.43 Å². The molecular weight excluding hydrogens is 376 g/mol. The standard InChI is InChI=1S/C27H15ClO/c28-26-20-15-13-17(16-6-2-1-3-7-16)12-14-19(20)25-24(26)21-10-4-8-18-9-5-11-22(23(18)21)27(25)29/h1-15H. The van der Waals surface area contributed by atoms with Crippen LogP contribution < -0.4 is 5.43 Å². The van der Waals surface area contributed by atoms with E-state index in [-0.39, 0.29) is 5.43 Å². The zero-order chi connectivity index (χ0) is 19.5. The summed E-state index contributed by atoms with van der Waals surface area (Å²) in [6, 6.07) is 30.5. The summed E-state index contributed by atoms with van der Waals surface area (Å²) >= 11 is 6.90. The molecule has 0 amide bonds. The second-order valence-electron chi connectivity index (χ2n) is 7.42. The summed E-state index contributed by atoms with van der Waals surface area (Å²) in [5.74, 6) is 0. The molecule has 0 spiro atoms. The highest BCUT2D eigenvalue weighted by Gasteiger charge is 2.19. The number of hydrogen-bond donors (Lipinski definition) is 0. The molecule has 0 unspecified atom stereocenters. The Balaban J connectivity index is 1.82. The van der Waals surface area contributed by atoms with Gasteiger partial charge in [-0.15, -0.1) is 0 Å². The van der Waals surface area contributed by atoms with E-state index in [9.17, 15) is 4.79 Å². The van der Waals surface area contributed by atoms with Gasteiger partial charge >= 0.3 is 0 Å². The van der Waals surface area contributed by atoms with Crippen molar-refractivity contribution in [2.75, 3.05) is 0 Å². The van der Waals surface area contributed by atoms with Crippen LogP contribution in [0, 0.1) is 0 Å². The van der Waals surface area contributed by atoms with Crippen LogP contribution in [0.4, 0.5) is 0 Å². The molecule has 0 aliphatic heterocycles. The lowest BCUT2D eigenvalue weighted by Gasteiger charge is -2.07. The molecule has 29 heavy (non-hydrogen) atoms. The second-order valence-corrected chi connectivity index (χ2v) is 7.80. The molecule has 0 saturated carbocycles. The van der Waals surface area contributed by atoms with Crippen LogP contribution in [-0.4, -0.2) is 0 Å². The van der Waals surface area contributed by atoms with Gasteiger partial charge in [0, 0.05) is 26.9 Å². The Labute approximate surface area is 172 Å². The van der Waals surface area contributed by atoms with Gasteiger partial charge in [0.25, 0.3) is 0 Å². The highest BCUT2D eigenvalue weighted by Crippen LogP contribution is 2.42. The van der Waals surface area contributed by atoms with Crippen LogP contribution in [0.25, 0.3) is 54.2 Å². The van der Waals surface area contributed by atoms with Gasteiger partial charge in [-0.2, -0.15) is 0 Å². The molecule has 0 fully saturated rings. The third-order valence-electron chi connectivity index (χ3n) is 5.88. The number of fused-ring (bicyclic) bond motifs is 4. The lowest BCUT2D eigenvalue weighted by atomic mass is 9.96. The van der Waals surface area contributed by atoms with Gasteiger partial charge in [-0.3, -0.25) is 4.79 Å². The maximum Gasteiger partial charge on any atom is 0.194 e. The van der Waals surface area contributed by atoms with E-state index in [0.717, 1.165) is 48.8 Å². The summed E-state index contributed by atoms with van der Waals surface area (Å²) in [6.45, 7) is 0. The first-order valence-corrected chi connectivity index (χ1v) is 9.99. The number of hydrogen-bond acceptors (Lipinski definition) is 1. The second kappa shape index (κ2) is 6.04. The number of benzene rings is 4. The molecular formula is C27H15ClO. The molecule has 0 aliphatic carbocycles. The van der Waals surface area contributed by atoms with Crippen LogP contribution in [0.3, 0.4) is 0 Å². The highest BCUT2D eigenvalue weighted by molar-refractivity contribution is 6.47. The monoisotopic (exact) mass is 390 g/mol. The Morgan fingerprint density at radius 2 is 1.14 bits per heavy atom. The van der Waals surface area contributed by atoms with E-state index >= 15 is 0 Å². The third-order valence-corrected chi connectivity index (χ3v) is 6.27. The molecule has 0 heterocycles. The van der Waals surface area contributed by atoms with Crippen molar-refractivity contribution in [2.45, 2.75) is 0 Å². The molecule has 1 nitrogen and oxygen atoms in total. The summed E-state index contributed by atoms with van der Waals surface area (Å²) in [4.78, 5) is 13.5. The lowest BCUT2D eigenvalue weighted by molar-refractivity contribution is 1.66. The fraction of sp³-hybridized carbons (Fsp3) is 0. The van der Waals surface area contributed by atoms with Gasteiger partial charge in [0.2, 0.25) is 0 Å². The Morgan fingerprint density at radius 3 is 1.90 bits per heavy atom. The van der Waals surface area contributed by atoms with Crippen molar-refractivity contribution >= 4 is 54.7 Å². The zero-order valence-corrected chi connectivity index (χ0v) is 16.2. The minimum absolute atomic E-state index is 0.0497. The Hall–Kier alpha value is -3.42. The highest BCUT2D eigenvalue weighted by atomic mass is 35.5. The molecule has 0 saturated heterocycles. The van der Waals surface area contributed by atoms with Gasteiger partial charge in [-0.05, 0) is 27.3 Å². The van der Waals surface area contributed by atoms with Crippen LogP contribution >= 0.6 is 11.6 Å². The van der Waals surface area contributed by atoms with Crippen LogP contribution in [-0.2, 0) is 0 Å². The van der Waals surface area contributed by atoms with Gasteiger partial charge < -0.3 is 0 Å². The van der Waals surface area contributed by atoms with Crippen molar-refractivity contribution in [3.8, 4) is 11.1 Å². The summed E-state index contributed by atoms with van der Waals surface area (Å²) < 4.78 is 0. The molecule has 2 heteroatoms. The van der Waals surface area contributed by atoms with Crippen molar-refractivity contribution in [3.63, 3.8) is 0 Å². The summed E-state index contributed by atoms with van der Waals surface area (Å²) in [6.07, 6.45) is 0. The fourth-order valence-electron chi connectivity index (χ4n) is 4.55. The molecule has 6 aromatic rings. The van der Waals surface area contributed by atoms with Crippen molar-refractivity contribution < 1.29 is 0 Å². The smallest absolute Gasteiger partial charge is 0.194 e. The molecule has 6 aromatic carbocycles. The van der Waals surface area contributed by atoms with Crippen molar-refractivity contribution in [1.29, 1.82) is 0 Å². The normalized spacial score (nSPS) is 11.8. The minimum Gasteiger partial charge on any atom is -0.289 e. The molecule has 0 radical (unpaired) electrons. The first-order valence-electron chi connectivity index (χ1n) is 9.61. The van der Waals surface area contributed by atoms with Crippen molar-refractivity contribution in [1.82, 2.24) is 0 Å². The van der Waals surface area contributed by atoms with Crippen molar-refractivity contribution in [3.05, 3.63) is 106 Å². The van der Waals surface area contributed by atoms with Crippen LogP contribution in [0.15, 0.2) is 95.8 Å². The third kappa shape index (κ3) is 2.25. The molecule has 0 bridgehead atoms. The van der Waals surface area contributed by atoms with E-state index in [4.69, 9.17) is 11.6 Å². The number of halogens is 1. The molecule has 6 rings (SSSR count). The van der Waals surface area contributed by atoms with E-state index in [1.807, 2.05) is 60.7 Å². The predicted molar refractivity (Wildman–Crippen MR) is 124 cm³/mol. The van der Waals surface area contributed by atoms with Gasteiger partial charge in [0.05, 0.1) is 5.02 Å². The quantitative estimate of drug-likeness (QED) is 0.285. The molecule has 0 aliphatic rings. The number of rotatable bonds is 1. The van der Waals surface area contributed by atoms with E-state index in [1.54, 1.807) is 0 Å². The fourth-order valence-corrected chi connectivity index (χ4v) is 4.92. The van der Waals surface area contributed by atoms with Crippen LogP contribution in [0.2, 0.25) is 5.02 Å². The molecule has 0 atom stereocenters. The average Bonchev–Trinajstić information content (AvgIpc) is 2.91. The maximum absolute atomic E-state index is 13.5. The van der Waals surface area contributed by atoms with Crippen LogP contribution in [0.5, 0.6) is 0 Å². The SMILES string of the molecule is O=c1c2cccc3cccc(c4c(Cl)c5ccc(-c6ccccc6)ccc5c14)c32. The van der Waals surface area contributed by atoms with E-state index < -0.39 is 0 Å². The molecule has 0 N–H and O–H groups in total. The van der Waals surface area contributed by atoms with Crippen LogP contribution in [0.1, 0.15) is 0 Å². The van der Waals surface area contributed by atoms with E-state index in [1.165, 1.54) is 0 Å². The Bertz CT molecular complexity index is 1610. The summed E-state index contributed by atoms with van der Waals surface area (Å²) in [7, 11) is 0. The van der Waals surface area contributed by atoms with Gasteiger partial charge in [0.1, 0.15) is 0 Å². The molecule has 0 aromatic heterocycles. The summed E-state index contributed by atoms with van der Waals surface area (Å²) in [5.41, 5.74) is 2.28. The largest absolute Gasteiger partial charge is 0.289 e. The van der Waals surface area contributed by atoms with Gasteiger partial charge in [-0.25, -0.2) is 0 Å². The van der Waals surface area contributed by atoms with E-state index in [0.29, 0.717) is 10.4 Å². The topological polar surface area (TPSA) is 17.1 Å². The zero-order valence-electron chi connectivity index (χ0n) is 15.4. The van der Waals surface area contributed by atoms with E-state index in [2.05, 4.69) is 30.3 Å². The first kappa shape index (κ1) is 16.5. The average molecular weight is 391 g/mol. The first-order chi connectivity index (χ1) is 14.2. The lowest BCUT2D eigenvalue weighted by Crippen LogP contribution is -2.01. The molecule has 136 valence electrons. The summed E-state index contributed by atoms with van der Waals surface area (Å²) in [5, 5.41) is 7.91. The van der Waals surface area contributed by atoms with Crippen molar-refractivity contribution in [2.24, 2.45) is 0 Å². The predicted octanol–water partition coefficient (Wildman–Crippen LogP) is 7.42. The maximum atomic E-state index is 13.5.